The van der Waals surface area contributed by atoms with E-state index in [-0.39, 0.29) is 22.6 Å². The third-order valence-corrected chi connectivity index (χ3v) is 9.97. The number of pyridine rings is 2. The average molecular weight is 799 g/mol. The van der Waals surface area contributed by atoms with Gasteiger partial charge >= 0.3 is 0 Å². The molecule has 0 unspecified atom stereocenters. The van der Waals surface area contributed by atoms with Crippen LogP contribution in [0.15, 0.2) is 119 Å². The number of nitrogens with zero attached hydrogens (tertiary/aromatic N) is 6. The predicted molar refractivity (Wildman–Crippen MR) is 236 cm³/mol. The van der Waals surface area contributed by atoms with Crippen LogP contribution in [0.25, 0.3) is 57.5 Å². The quantitative estimate of drug-likeness (QED) is 0.153. The molecule has 0 aliphatic heterocycles. The van der Waals surface area contributed by atoms with E-state index in [0.29, 0.717) is 61.8 Å². The average Bonchev–Trinajstić information content (AvgIpc) is 3.24. The van der Waals surface area contributed by atoms with E-state index in [2.05, 4.69) is 9.97 Å². The first-order valence-corrected chi connectivity index (χ1v) is 19.0. The van der Waals surface area contributed by atoms with Gasteiger partial charge in [-0.25, -0.2) is 9.97 Å². The number of benzene rings is 4. The fraction of sp³-hybridized carbons (Fsp3) is 0.125. The number of phenolic OH excluding ortho intramolecular Hbond substituents is 2. The second-order valence-corrected chi connectivity index (χ2v) is 13.9. The van der Waals surface area contributed by atoms with Crippen molar-refractivity contribution in [1.82, 2.24) is 29.1 Å². The number of aromatic hydroxyl groups is 2. The highest BCUT2D eigenvalue weighted by molar-refractivity contribution is 5.82. The number of aryl methyl sites for hydroxylation is 4. The molecule has 12 heteroatoms. The molecule has 0 saturated carbocycles. The molecule has 4 heterocycles. The lowest BCUT2D eigenvalue weighted by Gasteiger charge is -2.15. The van der Waals surface area contributed by atoms with E-state index in [1.54, 1.807) is 101 Å². The first kappa shape index (κ1) is 40.3. The van der Waals surface area contributed by atoms with Crippen LogP contribution < -0.4 is 20.6 Å². The molecule has 0 spiro atoms. The number of fused-ring (bicyclic) bond motifs is 2. The highest BCUT2D eigenvalue weighted by Gasteiger charge is 2.17. The SMILES string of the molecule is COc1cccc(/C=C/c2nc3ccccc3c(=O)n2-c2c(C)ccnc2C)c1O.COc1cccc(/C=C/c2nc3ccccc3c(=O)n2-c2c(C)cncc2C)c1O. The topological polar surface area (TPSA) is 154 Å². The number of para-hydroxylation sites is 4. The summed E-state index contributed by atoms with van der Waals surface area (Å²) in [6.07, 6.45) is 12.0. The minimum Gasteiger partial charge on any atom is -0.504 e. The largest absolute Gasteiger partial charge is 0.504 e. The van der Waals surface area contributed by atoms with Gasteiger partial charge in [-0.2, -0.15) is 0 Å². The monoisotopic (exact) mass is 798 g/mol. The van der Waals surface area contributed by atoms with Crippen LogP contribution in [-0.4, -0.2) is 53.5 Å². The minimum atomic E-state index is -0.172. The van der Waals surface area contributed by atoms with Crippen molar-refractivity contribution in [3.05, 3.63) is 175 Å². The normalized spacial score (nSPS) is 11.3. The number of methoxy groups -OCH3 is 2. The van der Waals surface area contributed by atoms with Crippen LogP contribution in [-0.2, 0) is 0 Å². The molecule has 0 amide bonds. The minimum absolute atomic E-state index is 0.0275. The second-order valence-electron chi connectivity index (χ2n) is 13.9. The number of hydrogen-bond donors (Lipinski definition) is 2. The lowest BCUT2D eigenvalue weighted by atomic mass is 10.1. The van der Waals surface area contributed by atoms with Crippen LogP contribution in [0.2, 0.25) is 0 Å². The molecule has 0 bridgehead atoms. The first-order valence-electron chi connectivity index (χ1n) is 19.0. The van der Waals surface area contributed by atoms with Gasteiger partial charge in [0.15, 0.2) is 23.0 Å². The highest BCUT2D eigenvalue weighted by Crippen LogP contribution is 2.32. The fourth-order valence-electron chi connectivity index (χ4n) is 7.03. The highest BCUT2D eigenvalue weighted by atomic mass is 16.5. The van der Waals surface area contributed by atoms with Gasteiger partial charge < -0.3 is 19.7 Å². The van der Waals surface area contributed by atoms with Gasteiger partial charge in [-0.1, -0.05) is 48.5 Å². The summed E-state index contributed by atoms with van der Waals surface area (Å²) in [4.78, 5) is 44.9. The maximum Gasteiger partial charge on any atom is 0.266 e. The molecule has 4 aromatic heterocycles. The third-order valence-electron chi connectivity index (χ3n) is 9.97. The molecule has 0 aliphatic rings. The predicted octanol–water partition coefficient (Wildman–Crippen LogP) is 8.56. The van der Waals surface area contributed by atoms with Crippen LogP contribution in [0.4, 0.5) is 0 Å². The summed E-state index contributed by atoms with van der Waals surface area (Å²) in [5, 5.41) is 21.9. The molecule has 2 N–H and O–H groups in total. The lowest BCUT2D eigenvalue weighted by molar-refractivity contribution is 0.373. The molecule has 4 aromatic carbocycles. The number of phenols is 2. The zero-order valence-electron chi connectivity index (χ0n) is 33.9. The van der Waals surface area contributed by atoms with Crippen molar-refractivity contribution < 1.29 is 19.7 Å². The van der Waals surface area contributed by atoms with Gasteiger partial charge in [0.2, 0.25) is 0 Å². The molecule has 300 valence electrons. The Hall–Kier alpha value is -7.86. The standard InChI is InChI=1S/2C24H21N3O3/c1-15-13-25-14-16(2)22(15)27-21(26-19-9-5-4-8-18(19)24(27)29)12-11-17-7-6-10-20(30-3)23(17)28;1-15-13-14-25-16(2)22(15)27-21(26-19-9-5-4-8-18(19)24(27)29)12-11-17-7-6-10-20(30-3)23(17)28/h2*4-14,28H,1-3H3/b2*12-11+. The van der Waals surface area contributed by atoms with Crippen LogP contribution in [0, 0.1) is 27.7 Å². The van der Waals surface area contributed by atoms with Crippen molar-refractivity contribution in [2.24, 2.45) is 0 Å². The van der Waals surface area contributed by atoms with E-state index in [1.807, 2.05) is 70.2 Å². The van der Waals surface area contributed by atoms with E-state index in [9.17, 15) is 19.8 Å². The van der Waals surface area contributed by atoms with Crippen LogP contribution >= 0.6 is 0 Å². The second kappa shape index (κ2) is 17.3. The number of ether oxygens (including phenoxy) is 2. The number of hydrogen-bond acceptors (Lipinski definition) is 10. The van der Waals surface area contributed by atoms with Gasteiger partial charge in [-0.05, 0) is 111 Å². The molecule has 8 rings (SSSR count). The molecule has 0 radical (unpaired) electrons. The van der Waals surface area contributed by atoms with E-state index in [1.165, 1.54) is 14.2 Å². The van der Waals surface area contributed by atoms with Crippen molar-refractivity contribution in [2.45, 2.75) is 27.7 Å². The molecule has 0 aliphatic carbocycles. The van der Waals surface area contributed by atoms with Gasteiger partial charge in [0, 0.05) is 29.7 Å². The van der Waals surface area contributed by atoms with E-state index in [4.69, 9.17) is 19.4 Å². The third kappa shape index (κ3) is 7.86. The Balaban J connectivity index is 0.000000181. The lowest BCUT2D eigenvalue weighted by Crippen LogP contribution is -2.24. The summed E-state index contributed by atoms with van der Waals surface area (Å²) in [5.74, 6) is 1.71. The Morgan fingerprint density at radius 3 is 1.48 bits per heavy atom. The fourth-order valence-corrected chi connectivity index (χ4v) is 7.03. The van der Waals surface area contributed by atoms with Crippen LogP contribution in [0.1, 0.15) is 45.2 Å². The summed E-state index contributed by atoms with van der Waals surface area (Å²) in [6.45, 7) is 7.63. The Kier molecular flexibility index (Phi) is 11.6. The van der Waals surface area contributed by atoms with Crippen LogP contribution in [0.5, 0.6) is 23.0 Å². The van der Waals surface area contributed by atoms with Crippen molar-refractivity contribution in [3.63, 3.8) is 0 Å². The van der Waals surface area contributed by atoms with Crippen molar-refractivity contribution >= 4 is 46.1 Å². The molecule has 0 fully saturated rings. The summed E-state index contributed by atoms with van der Waals surface area (Å²) < 4.78 is 13.5. The summed E-state index contributed by atoms with van der Waals surface area (Å²) >= 11 is 0. The molecule has 0 atom stereocenters. The van der Waals surface area contributed by atoms with E-state index in [0.717, 1.165) is 28.1 Å². The van der Waals surface area contributed by atoms with Crippen molar-refractivity contribution in [2.75, 3.05) is 14.2 Å². The molecular weight excluding hydrogens is 757 g/mol. The zero-order chi connectivity index (χ0) is 42.5. The Morgan fingerprint density at radius 2 is 1.02 bits per heavy atom. The van der Waals surface area contributed by atoms with Gasteiger partial charge in [0.25, 0.3) is 11.1 Å². The molecule has 8 aromatic rings. The molecule has 12 nitrogen and oxygen atoms in total. The molecule has 60 heavy (non-hydrogen) atoms. The summed E-state index contributed by atoms with van der Waals surface area (Å²) in [7, 11) is 3.00. The van der Waals surface area contributed by atoms with Crippen molar-refractivity contribution in [3.8, 4) is 34.4 Å². The van der Waals surface area contributed by atoms with Gasteiger partial charge in [0.05, 0.1) is 53.1 Å². The maximum atomic E-state index is 13.4. The first-order chi connectivity index (χ1) is 29.0. The zero-order valence-corrected chi connectivity index (χ0v) is 33.9. The van der Waals surface area contributed by atoms with E-state index >= 15 is 0 Å². The van der Waals surface area contributed by atoms with Gasteiger partial charge in [-0.15, -0.1) is 0 Å². The van der Waals surface area contributed by atoms with Crippen LogP contribution in [0.3, 0.4) is 0 Å². The van der Waals surface area contributed by atoms with E-state index < -0.39 is 0 Å². The van der Waals surface area contributed by atoms with Crippen molar-refractivity contribution in [1.29, 1.82) is 0 Å². The Morgan fingerprint density at radius 1 is 0.550 bits per heavy atom. The number of rotatable bonds is 8. The molecular formula is C48H42N6O6. The van der Waals surface area contributed by atoms with Gasteiger partial charge in [0.1, 0.15) is 11.6 Å². The Bertz CT molecular complexity index is 2850. The maximum absolute atomic E-state index is 13.4. The Labute approximate surface area is 345 Å². The van der Waals surface area contributed by atoms with Gasteiger partial charge in [-0.3, -0.25) is 28.7 Å². The number of aromatic nitrogens is 6. The summed E-state index contributed by atoms with van der Waals surface area (Å²) in [6, 6.07) is 26.8. The summed E-state index contributed by atoms with van der Waals surface area (Å²) in [5.41, 5.74) is 6.84. The molecule has 0 saturated heterocycles. The smallest absolute Gasteiger partial charge is 0.266 e.